The van der Waals surface area contributed by atoms with Crippen LogP contribution >= 0.6 is 12.6 Å². The van der Waals surface area contributed by atoms with Crippen LogP contribution in [0.15, 0.2) is 11.0 Å². The fourth-order valence-electron chi connectivity index (χ4n) is 0.294. The molecule has 0 N–H and O–H groups in total. The quantitative estimate of drug-likeness (QED) is 0.405. The normalized spacial score (nSPS) is 11.6. The van der Waals surface area contributed by atoms with Crippen LogP contribution in [0.3, 0.4) is 0 Å². The van der Waals surface area contributed by atoms with Crippen LogP contribution in [-0.2, 0) is 4.79 Å². The van der Waals surface area contributed by atoms with Gasteiger partial charge in [0.15, 0.2) is 5.78 Å². The van der Waals surface area contributed by atoms with E-state index < -0.39 is 0 Å². The van der Waals surface area contributed by atoms with E-state index in [1.54, 1.807) is 6.92 Å². The van der Waals surface area contributed by atoms with Gasteiger partial charge in [0.2, 0.25) is 0 Å². The maximum atomic E-state index is 10.1. The summed E-state index contributed by atoms with van der Waals surface area (Å²) in [6.45, 7) is 3.27. The second-order valence-corrected chi connectivity index (χ2v) is 2.10. The monoisotopic (exact) mass is 116 g/mol. The Hall–Kier alpha value is -0.240. The molecular formula is C5H8OS. The van der Waals surface area contributed by atoms with Gasteiger partial charge < -0.3 is 0 Å². The van der Waals surface area contributed by atoms with Gasteiger partial charge in [0.1, 0.15) is 0 Å². The van der Waals surface area contributed by atoms with Crippen LogP contribution in [0.2, 0.25) is 0 Å². The van der Waals surface area contributed by atoms with E-state index in [9.17, 15) is 4.79 Å². The van der Waals surface area contributed by atoms with Crippen LogP contribution in [0.4, 0.5) is 0 Å². The van der Waals surface area contributed by atoms with Crippen molar-refractivity contribution in [3.63, 3.8) is 0 Å². The average molecular weight is 116 g/mol. The molecule has 0 bridgehead atoms. The Morgan fingerprint density at radius 2 is 2.00 bits per heavy atom. The Labute approximate surface area is 48.8 Å². The van der Waals surface area contributed by atoms with Crippen molar-refractivity contribution in [2.24, 2.45) is 0 Å². The lowest BCUT2D eigenvalue weighted by Gasteiger charge is -1.79. The summed E-state index contributed by atoms with van der Waals surface area (Å²) in [7, 11) is 0. The first-order chi connectivity index (χ1) is 3.13. The van der Waals surface area contributed by atoms with Gasteiger partial charge >= 0.3 is 0 Å². The van der Waals surface area contributed by atoms with Crippen molar-refractivity contribution in [1.82, 2.24) is 0 Å². The molecule has 0 aliphatic rings. The zero-order valence-electron chi connectivity index (χ0n) is 4.43. The molecule has 0 saturated heterocycles. The highest BCUT2D eigenvalue weighted by Crippen LogP contribution is 1.95. The third-order valence-electron chi connectivity index (χ3n) is 0.412. The number of allylic oxidation sites excluding steroid dienone is 2. The smallest absolute Gasteiger partial charge is 0.153 e. The van der Waals surface area contributed by atoms with Gasteiger partial charge in [-0.3, -0.25) is 4.79 Å². The van der Waals surface area contributed by atoms with Crippen LogP contribution < -0.4 is 0 Å². The predicted octanol–water partition coefficient (Wildman–Crippen LogP) is 1.41. The lowest BCUT2D eigenvalue weighted by molar-refractivity contribution is -0.112. The lowest BCUT2D eigenvalue weighted by Crippen LogP contribution is -1.79. The summed E-state index contributed by atoms with van der Waals surface area (Å²) in [5.74, 6) is 0.0486. The summed E-state index contributed by atoms with van der Waals surface area (Å²) in [5.41, 5.74) is 0. The lowest BCUT2D eigenvalue weighted by atomic mass is 10.4. The molecule has 0 aliphatic heterocycles. The van der Waals surface area contributed by atoms with Gasteiger partial charge in [-0.05, 0) is 24.8 Å². The highest BCUT2D eigenvalue weighted by atomic mass is 32.1. The summed E-state index contributed by atoms with van der Waals surface area (Å²) >= 11 is 3.88. The number of carbonyl (C=O) groups is 1. The van der Waals surface area contributed by atoms with E-state index in [1.807, 2.05) is 0 Å². The maximum absolute atomic E-state index is 10.1. The van der Waals surface area contributed by atoms with Crippen molar-refractivity contribution in [3.8, 4) is 0 Å². The molecule has 1 nitrogen and oxygen atoms in total. The van der Waals surface area contributed by atoms with Crippen LogP contribution in [0.1, 0.15) is 13.8 Å². The molecule has 0 radical (unpaired) electrons. The Morgan fingerprint density at radius 3 is 2.00 bits per heavy atom. The summed E-state index contributed by atoms with van der Waals surface area (Å²) < 4.78 is 0. The van der Waals surface area contributed by atoms with Crippen LogP contribution in [0.5, 0.6) is 0 Å². The molecular weight excluding hydrogens is 108 g/mol. The largest absolute Gasteiger partial charge is 0.295 e. The number of thiol groups is 1. The Kier molecular flexibility index (Phi) is 2.76. The molecule has 7 heavy (non-hydrogen) atoms. The standard InChI is InChI=1S/C5H8OS/c1-4(6)3-5(2)7/h3,7H,1-2H3. The van der Waals surface area contributed by atoms with E-state index in [0.29, 0.717) is 0 Å². The van der Waals surface area contributed by atoms with Crippen molar-refractivity contribution >= 4 is 18.4 Å². The molecule has 0 saturated carbocycles. The summed E-state index contributed by atoms with van der Waals surface area (Å²) in [5, 5.41) is 0. The fourth-order valence-corrected chi connectivity index (χ4v) is 0.476. The molecule has 0 amide bonds. The Morgan fingerprint density at radius 1 is 1.57 bits per heavy atom. The van der Waals surface area contributed by atoms with Gasteiger partial charge in [0.05, 0.1) is 0 Å². The highest BCUT2D eigenvalue weighted by molar-refractivity contribution is 7.84. The van der Waals surface area contributed by atoms with Crippen LogP contribution in [-0.4, -0.2) is 5.78 Å². The number of hydrogen-bond donors (Lipinski definition) is 1. The molecule has 0 atom stereocenters. The summed E-state index contributed by atoms with van der Waals surface area (Å²) in [4.78, 5) is 10.9. The van der Waals surface area contributed by atoms with Crippen molar-refractivity contribution in [3.05, 3.63) is 11.0 Å². The minimum absolute atomic E-state index is 0.0486. The van der Waals surface area contributed by atoms with E-state index in [0.717, 1.165) is 4.91 Å². The zero-order valence-corrected chi connectivity index (χ0v) is 5.33. The minimum Gasteiger partial charge on any atom is -0.295 e. The van der Waals surface area contributed by atoms with E-state index >= 15 is 0 Å². The SMILES string of the molecule is CC(=O)C=C(C)S. The Bertz CT molecular complexity index is 101. The van der Waals surface area contributed by atoms with Crippen molar-refractivity contribution in [2.45, 2.75) is 13.8 Å². The number of carbonyl (C=O) groups excluding carboxylic acids is 1. The number of hydrogen-bond acceptors (Lipinski definition) is 2. The molecule has 0 fully saturated rings. The maximum Gasteiger partial charge on any atom is 0.153 e. The van der Waals surface area contributed by atoms with Gasteiger partial charge in [-0.15, -0.1) is 12.6 Å². The van der Waals surface area contributed by atoms with E-state index in [2.05, 4.69) is 12.6 Å². The zero-order chi connectivity index (χ0) is 5.86. The third-order valence-corrected chi connectivity index (χ3v) is 0.541. The van der Waals surface area contributed by atoms with Gasteiger partial charge in [-0.2, -0.15) is 0 Å². The van der Waals surface area contributed by atoms with Gasteiger partial charge in [0, 0.05) is 0 Å². The third kappa shape index (κ3) is 5.76. The minimum atomic E-state index is 0.0486. The van der Waals surface area contributed by atoms with E-state index in [1.165, 1.54) is 13.0 Å². The van der Waals surface area contributed by atoms with Gasteiger partial charge in [-0.25, -0.2) is 0 Å². The topological polar surface area (TPSA) is 17.1 Å². The second kappa shape index (κ2) is 2.86. The van der Waals surface area contributed by atoms with E-state index in [4.69, 9.17) is 0 Å². The van der Waals surface area contributed by atoms with Crippen molar-refractivity contribution in [2.75, 3.05) is 0 Å². The first-order valence-electron chi connectivity index (χ1n) is 2.01. The molecule has 2 heteroatoms. The molecule has 0 aromatic heterocycles. The summed E-state index contributed by atoms with van der Waals surface area (Å²) in [6.07, 6.45) is 1.48. The average Bonchev–Trinajstić information content (AvgIpc) is 1.27. The molecule has 0 spiro atoms. The second-order valence-electron chi connectivity index (χ2n) is 1.40. The van der Waals surface area contributed by atoms with Crippen LogP contribution in [0.25, 0.3) is 0 Å². The fraction of sp³-hybridized carbons (Fsp3) is 0.400. The first-order valence-corrected chi connectivity index (χ1v) is 2.45. The van der Waals surface area contributed by atoms with Gasteiger partial charge in [0.25, 0.3) is 0 Å². The molecule has 0 unspecified atom stereocenters. The predicted molar refractivity (Wildman–Crippen MR) is 33.4 cm³/mol. The van der Waals surface area contributed by atoms with Crippen molar-refractivity contribution in [1.29, 1.82) is 0 Å². The number of ketones is 1. The summed E-state index contributed by atoms with van der Waals surface area (Å²) in [6, 6.07) is 0. The van der Waals surface area contributed by atoms with Gasteiger partial charge in [-0.1, -0.05) is 0 Å². The molecule has 0 rings (SSSR count). The number of rotatable bonds is 1. The highest BCUT2D eigenvalue weighted by Gasteiger charge is 1.81. The molecule has 0 heterocycles. The van der Waals surface area contributed by atoms with Crippen LogP contribution in [0, 0.1) is 0 Å². The van der Waals surface area contributed by atoms with Crippen molar-refractivity contribution < 1.29 is 4.79 Å². The molecule has 0 aromatic rings. The molecule has 0 aromatic carbocycles. The Balaban J connectivity index is 3.68. The first kappa shape index (κ1) is 6.76. The molecule has 0 aliphatic carbocycles. The molecule has 40 valence electrons. The van der Waals surface area contributed by atoms with E-state index in [-0.39, 0.29) is 5.78 Å².